The molecule has 0 unspecified atom stereocenters. The number of para-hydroxylation sites is 1. The third-order valence-corrected chi connectivity index (χ3v) is 7.17. The molecule has 0 atom stereocenters. The Morgan fingerprint density at radius 3 is 2.34 bits per heavy atom. The van der Waals surface area contributed by atoms with Gasteiger partial charge in [-0.15, -0.1) is 0 Å². The van der Waals surface area contributed by atoms with Crippen molar-refractivity contribution in [2.45, 2.75) is 38.9 Å². The first kappa shape index (κ1) is 21.9. The highest BCUT2D eigenvalue weighted by molar-refractivity contribution is 6.57. The van der Waals surface area contributed by atoms with Crippen LogP contribution in [0.1, 0.15) is 27.7 Å². The molecule has 0 spiro atoms. The van der Waals surface area contributed by atoms with E-state index in [4.69, 9.17) is 18.5 Å². The molecule has 0 radical (unpaired) electrons. The van der Waals surface area contributed by atoms with Gasteiger partial charge in [0, 0.05) is 22.4 Å². The number of aromatic nitrogens is 1. The summed E-state index contributed by atoms with van der Waals surface area (Å²) in [6.45, 7) is 7.29. The van der Waals surface area contributed by atoms with Gasteiger partial charge in [-0.25, -0.2) is 4.98 Å². The van der Waals surface area contributed by atoms with Crippen molar-refractivity contribution in [3.8, 4) is 11.5 Å². The van der Waals surface area contributed by atoms with Crippen LogP contribution in [-0.2, 0) is 4.65 Å². The highest BCUT2D eigenvalue weighted by atomic mass is 16.5. The summed E-state index contributed by atoms with van der Waals surface area (Å²) in [6.07, 6.45) is 0. The quantitative estimate of drug-likeness (QED) is 0.314. The zero-order chi connectivity index (χ0) is 24.4. The molecule has 1 N–H and O–H groups in total. The molecule has 0 bridgehead atoms. The summed E-state index contributed by atoms with van der Waals surface area (Å²) >= 11 is 0. The minimum atomic E-state index is -1.03. The lowest BCUT2D eigenvalue weighted by atomic mass is 9.80. The van der Waals surface area contributed by atoms with Crippen LogP contribution in [0.25, 0.3) is 55.3 Å². The van der Waals surface area contributed by atoms with Crippen molar-refractivity contribution in [3.05, 3.63) is 72.8 Å². The average Bonchev–Trinajstić information content (AvgIpc) is 3.42. The predicted molar refractivity (Wildman–Crippen MR) is 142 cm³/mol. The molecule has 5 nitrogen and oxygen atoms in total. The molecule has 174 valence electrons. The Bertz CT molecular complexity index is 1720. The van der Waals surface area contributed by atoms with Gasteiger partial charge in [0.15, 0.2) is 5.58 Å². The predicted octanol–water partition coefficient (Wildman–Crippen LogP) is 6.09. The molecule has 0 saturated carbocycles. The summed E-state index contributed by atoms with van der Waals surface area (Å²) in [4.78, 5) is 4.94. The van der Waals surface area contributed by atoms with Crippen molar-refractivity contribution in [1.29, 1.82) is 0 Å². The van der Waals surface area contributed by atoms with E-state index in [1.165, 1.54) is 5.39 Å². The van der Waals surface area contributed by atoms with Crippen LogP contribution in [0.4, 0.5) is 0 Å². The largest absolute Gasteiger partial charge is 0.456 e. The molecular formula is C29H26BNO4. The second-order valence-corrected chi connectivity index (χ2v) is 10.1. The zero-order valence-electron chi connectivity index (χ0n) is 20.3. The van der Waals surface area contributed by atoms with E-state index < -0.39 is 11.2 Å². The first-order chi connectivity index (χ1) is 16.7. The third kappa shape index (κ3) is 3.61. The normalized spacial score (nSPS) is 12.8. The maximum atomic E-state index is 10.6. The first-order valence-electron chi connectivity index (χ1n) is 11.8. The molecule has 0 fully saturated rings. The number of fused-ring (bicyclic) bond motifs is 5. The monoisotopic (exact) mass is 463 g/mol. The topological polar surface area (TPSA) is 68.6 Å². The van der Waals surface area contributed by atoms with E-state index in [1.54, 1.807) is 13.8 Å². The van der Waals surface area contributed by atoms with E-state index in [0.29, 0.717) is 11.5 Å². The molecule has 0 aliphatic heterocycles. The molecule has 35 heavy (non-hydrogen) atoms. The van der Waals surface area contributed by atoms with E-state index in [2.05, 4.69) is 24.3 Å². The van der Waals surface area contributed by atoms with Gasteiger partial charge in [-0.2, -0.15) is 0 Å². The molecule has 2 aromatic heterocycles. The van der Waals surface area contributed by atoms with Crippen LogP contribution in [0.5, 0.6) is 0 Å². The molecule has 0 aliphatic carbocycles. The lowest BCUT2D eigenvalue weighted by Gasteiger charge is -2.37. The Morgan fingerprint density at radius 2 is 1.54 bits per heavy atom. The highest BCUT2D eigenvalue weighted by Gasteiger charge is 2.36. The maximum absolute atomic E-state index is 10.6. The van der Waals surface area contributed by atoms with Crippen molar-refractivity contribution in [1.82, 2.24) is 4.98 Å². The lowest BCUT2D eigenvalue weighted by molar-refractivity contribution is -0.0892. The average molecular weight is 463 g/mol. The third-order valence-electron chi connectivity index (χ3n) is 7.17. The number of benzene rings is 4. The molecule has 0 saturated heterocycles. The van der Waals surface area contributed by atoms with E-state index in [1.807, 2.05) is 62.4 Å². The Hall–Kier alpha value is -3.61. The number of hydrogen-bond donors (Lipinski definition) is 1. The van der Waals surface area contributed by atoms with Crippen LogP contribution < -0.4 is 5.46 Å². The fourth-order valence-corrected chi connectivity index (χ4v) is 4.38. The van der Waals surface area contributed by atoms with Crippen LogP contribution in [-0.4, -0.2) is 28.8 Å². The minimum Gasteiger partial charge on any atom is -0.456 e. The Labute approximate surface area is 203 Å². The Kier molecular flexibility index (Phi) is 4.82. The van der Waals surface area contributed by atoms with Crippen LogP contribution in [0.3, 0.4) is 0 Å². The first-order valence-corrected chi connectivity index (χ1v) is 11.8. The number of aliphatic hydroxyl groups is 1. The van der Waals surface area contributed by atoms with E-state index in [-0.39, 0.29) is 7.48 Å². The summed E-state index contributed by atoms with van der Waals surface area (Å²) in [5.74, 6) is 0.547. The molecule has 6 rings (SSSR count). The van der Waals surface area contributed by atoms with Crippen molar-refractivity contribution >= 4 is 56.8 Å². The van der Waals surface area contributed by atoms with Crippen molar-refractivity contribution in [2.75, 3.05) is 0 Å². The summed E-state index contributed by atoms with van der Waals surface area (Å²) in [7, 11) is 0.248. The van der Waals surface area contributed by atoms with Gasteiger partial charge < -0.3 is 18.6 Å². The molecule has 2 heterocycles. The smallest absolute Gasteiger partial charge is 0.312 e. The Balaban J connectivity index is 1.56. The van der Waals surface area contributed by atoms with Gasteiger partial charge in [0.25, 0.3) is 0 Å². The summed E-state index contributed by atoms with van der Waals surface area (Å²) < 4.78 is 18.8. The molecule has 6 aromatic rings. The lowest BCUT2D eigenvalue weighted by Crippen LogP contribution is -2.49. The fraction of sp³-hybridized carbons (Fsp3) is 0.207. The van der Waals surface area contributed by atoms with E-state index >= 15 is 0 Å². The molecule has 6 heteroatoms. The van der Waals surface area contributed by atoms with Crippen molar-refractivity contribution < 1.29 is 18.6 Å². The Morgan fingerprint density at radius 1 is 0.800 bits per heavy atom. The van der Waals surface area contributed by atoms with Gasteiger partial charge in [-0.05, 0) is 62.1 Å². The summed E-state index contributed by atoms with van der Waals surface area (Å²) in [5.41, 5.74) is 2.87. The van der Waals surface area contributed by atoms with E-state index in [0.717, 1.165) is 43.9 Å². The fourth-order valence-electron chi connectivity index (χ4n) is 4.38. The number of nitrogens with zero attached hydrogens (tertiary/aromatic N) is 1. The van der Waals surface area contributed by atoms with Gasteiger partial charge in [-0.3, -0.25) is 0 Å². The maximum Gasteiger partial charge on any atom is 0.312 e. The van der Waals surface area contributed by atoms with Gasteiger partial charge in [0.05, 0.1) is 11.2 Å². The number of rotatable bonds is 5. The van der Waals surface area contributed by atoms with Crippen molar-refractivity contribution in [3.63, 3.8) is 0 Å². The SMILES string of the molecule is CC(C)(O)C(C)(C)OBc1c2nc(-c3ccc4ccccc4c3)oc2cc2oc3ccccc3c12. The summed E-state index contributed by atoms with van der Waals surface area (Å²) in [5, 5.41) is 14.9. The summed E-state index contributed by atoms with van der Waals surface area (Å²) in [6, 6.07) is 24.3. The van der Waals surface area contributed by atoms with Crippen LogP contribution in [0, 0.1) is 0 Å². The minimum absolute atomic E-state index is 0.248. The molecule has 0 aliphatic rings. The van der Waals surface area contributed by atoms with Gasteiger partial charge in [-0.1, -0.05) is 48.5 Å². The second kappa shape index (κ2) is 7.70. The highest BCUT2D eigenvalue weighted by Crippen LogP contribution is 2.34. The standard InChI is InChI=1S/C29H26BNO4/c1-28(2,32)29(3,4)35-30-25-24-20-11-7-8-12-21(20)33-22(24)16-23-26(25)31-27(34-23)19-14-13-17-9-5-6-10-18(17)15-19/h5-16,30,32H,1-4H3. The molecule has 0 amide bonds. The number of hydrogen-bond acceptors (Lipinski definition) is 5. The van der Waals surface area contributed by atoms with Gasteiger partial charge >= 0.3 is 7.48 Å². The van der Waals surface area contributed by atoms with E-state index in [9.17, 15) is 5.11 Å². The zero-order valence-corrected chi connectivity index (χ0v) is 20.3. The second-order valence-electron chi connectivity index (χ2n) is 10.1. The van der Waals surface area contributed by atoms with Gasteiger partial charge in [0.1, 0.15) is 16.7 Å². The van der Waals surface area contributed by atoms with Crippen molar-refractivity contribution in [2.24, 2.45) is 0 Å². The van der Waals surface area contributed by atoms with Crippen LogP contribution >= 0.6 is 0 Å². The van der Waals surface area contributed by atoms with Crippen LogP contribution in [0.15, 0.2) is 81.6 Å². The molecular weight excluding hydrogens is 437 g/mol. The molecule has 4 aromatic carbocycles. The number of furan rings is 1. The van der Waals surface area contributed by atoms with Gasteiger partial charge in [0.2, 0.25) is 5.89 Å². The number of oxazole rings is 1. The van der Waals surface area contributed by atoms with Crippen LogP contribution in [0.2, 0.25) is 0 Å².